The number of benzene rings is 1. The Labute approximate surface area is 155 Å². The van der Waals surface area contributed by atoms with E-state index in [0.29, 0.717) is 11.6 Å². The molecule has 0 saturated heterocycles. The van der Waals surface area contributed by atoms with Gasteiger partial charge in [0.1, 0.15) is 18.3 Å². The number of alkyl halides is 2. The van der Waals surface area contributed by atoms with Crippen molar-refractivity contribution >= 4 is 11.6 Å². The lowest BCUT2D eigenvalue weighted by Crippen LogP contribution is -2.55. The molecule has 144 valence electrons. The van der Waals surface area contributed by atoms with Crippen LogP contribution in [0.15, 0.2) is 35.9 Å². The van der Waals surface area contributed by atoms with Gasteiger partial charge in [-0.25, -0.2) is 0 Å². The Bertz CT molecular complexity index is 651. The van der Waals surface area contributed by atoms with E-state index in [1.807, 2.05) is 24.3 Å². The zero-order valence-corrected chi connectivity index (χ0v) is 14.7. The summed E-state index contributed by atoms with van der Waals surface area (Å²) in [5.74, 6) is 0. The first kappa shape index (κ1) is 19.7. The zero-order valence-electron chi connectivity index (χ0n) is 14.0. The number of ether oxygens (including phenoxy) is 1. The van der Waals surface area contributed by atoms with E-state index < -0.39 is 37.6 Å². The summed E-state index contributed by atoms with van der Waals surface area (Å²) < 4.78 is 28.7. The molecule has 0 radical (unpaired) electrons. The van der Waals surface area contributed by atoms with Crippen molar-refractivity contribution < 1.29 is 28.8 Å². The summed E-state index contributed by atoms with van der Waals surface area (Å²) in [4.78, 5) is 0. The Morgan fingerprint density at radius 2 is 1.81 bits per heavy atom. The molecule has 0 bridgehead atoms. The summed E-state index contributed by atoms with van der Waals surface area (Å²) >= 11 is 5.92. The minimum Gasteiger partial charge on any atom is -0.388 e. The van der Waals surface area contributed by atoms with Gasteiger partial charge in [0.25, 0.3) is 0 Å². The second-order valence-electron chi connectivity index (χ2n) is 6.93. The Kier molecular flexibility index (Phi) is 5.96. The van der Waals surface area contributed by atoms with E-state index in [4.69, 9.17) is 11.6 Å². The molecule has 0 aliphatic heterocycles. The molecule has 2 aliphatic rings. The third-order valence-corrected chi connectivity index (χ3v) is 5.43. The van der Waals surface area contributed by atoms with Crippen LogP contribution in [0, 0.1) is 0 Å². The molecule has 8 heteroatoms. The normalized spacial score (nSPS) is 30.3. The molecule has 1 aromatic carbocycles. The summed E-state index contributed by atoms with van der Waals surface area (Å²) in [5.41, 5.74) is 1.18. The van der Waals surface area contributed by atoms with Crippen LogP contribution in [0.25, 0.3) is 0 Å². The van der Waals surface area contributed by atoms with Crippen molar-refractivity contribution in [1.29, 1.82) is 0 Å². The number of aliphatic hydroxyl groups is 3. The molecule has 4 N–H and O–H groups in total. The number of nitrogens with one attached hydrogen (secondary N) is 1. The van der Waals surface area contributed by atoms with Gasteiger partial charge in [-0.1, -0.05) is 29.8 Å². The predicted molar refractivity (Wildman–Crippen MR) is 92.2 cm³/mol. The summed E-state index contributed by atoms with van der Waals surface area (Å²) in [5, 5.41) is 34.0. The highest BCUT2D eigenvalue weighted by Crippen LogP contribution is 2.48. The molecule has 0 aromatic heterocycles. The molecule has 26 heavy (non-hydrogen) atoms. The second-order valence-corrected chi connectivity index (χ2v) is 7.37. The fourth-order valence-electron chi connectivity index (χ4n) is 3.35. The molecule has 0 heterocycles. The maximum Gasteiger partial charge on any atom is 0.345 e. The third kappa shape index (κ3) is 4.24. The molecular formula is C18H22ClF2NO4. The molecule has 4 atom stereocenters. The van der Waals surface area contributed by atoms with E-state index in [-0.39, 0.29) is 11.0 Å². The molecule has 5 nitrogen and oxygen atoms in total. The Morgan fingerprint density at radius 3 is 2.38 bits per heavy atom. The maximum atomic E-state index is 12.2. The molecule has 2 aliphatic carbocycles. The van der Waals surface area contributed by atoms with Gasteiger partial charge in [0.2, 0.25) is 0 Å². The van der Waals surface area contributed by atoms with Crippen LogP contribution in [0.3, 0.4) is 0 Å². The van der Waals surface area contributed by atoms with E-state index >= 15 is 0 Å². The van der Waals surface area contributed by atoms with Gasteiger partial charge in [-0.3, -0.25) is 0 Å². The largest absolute Gasteiger partial charge is 0.388 e. The van der Waals surface area contributed by atoms with Crippen LogP contribution in [0.1, 0.15) is 18.4 Å². The van der Waals surface area contributed by atoms with E-state index in [2.05, 4.69) is 10.1 Å². The predicted octanol–water partition coefficient (Wildman–Crippen LogP) is 1.59. The van der Waals surface area contributed by atoms with Crippen LogP contribution in [0.2, 0.25) is 5.02 Å². The second kappa shape index (κ2) is 7.88. The average Bonchev–Trinajstić information content (AvgIpc) is 3.40. The Morgan fingerprint density at radius 1 is 1.15 bits per heavy atom. The standard InChI is InChI=1S/C18H22ClF2NO4/c19-12-3-1-11(2-4-12)18(5-6-18)9-22-13-7-10(8-26-17(20)21)14(23)16(25)15(13)24/h1-4,7,13-17,22-25H,5-6,8-9H2/t13-,14+,15+,16+/m1/s1. The SMILES string of the molecule is O[C@@H]1[C@@H](O)[C@@H](O)C(COC(F)F)=C[C@H]1NCC1(c2ccc(Cl)cc2)CC1. The minimum atomic E-state index is -2.97. The number of hydrogen-bond acceptors (Lipinski definition) is 5. The smallest absolute Gasteiger partial charge is 0.345 e. The number of halogens is 3. The molecule has 1 saturated carbocycles. The maximum absolute atomic E-state index is 12.2. The number of rotatable bonds is 7. The van der Waals surface area contributed by atoms with Crippen molar-refractivity contribution in [3.8, 4) is 0 Å². The summed E-state index contributed by atoms with van der Waals surface area (Å²) in [6.07, 6.45) is -0.752. The summed E-state index contributed by atoms with van der Waals surface area (Å²) in [7, 11) is 0. The summed E-state index contributed by atoms with van der Waals surface area (Å²) in [6.45, 7) is -2.94. The van der Waals surface area contributed by atoms with Crippen LogP contribution in [-0.4, -0.2) is 59.4 Å². The van der Waals surface area contributed by atoms with Crippen LogP contribution in [0.4, 0.5) is 8.78 Å². The van der Waals surface area contributed by atoms with Crippen molar-refractivity contribution in [1.82, 2.24) is 5.32 Å². The molecular weight excluding hydrogens is 368 g/mol. The van der Waals surface area contributed by atoms with Gasteiger partial charge in [-0.2, -0.15) is 8.78 Å². The van der Waals surface area contributed by atoms with Gasteiger partial charge < -0.3 is 25.4 Å². The van der Waals surface area contributed by atoms with Crippen LogP contribution >= 0.6 is 11.6 Å². The molecule has 3 rings (SSSR count). The average molecular weight is 390 g/mol. The van der Waals surface area contributed by atoms with Crippen molar-refractivity contribution in [2.75, 3.05) is 13.2 Å². The van der Waals surface area contributed by atoms with E-state index in [1.54, 1.807) is 0 Å². The molecule has 0 unspecified atom stereocenters. The van der Waals surface area contributed by atoms with Crippen molar-refractivity contribution in [3.63, 3.8) is 0 Å². The molecule has 0 spiro atoms. The highest BCUT2D eigenvalue weighted by molar-refractivity contribution is 6.30. The highest BCUT2D eigenvalue weighted by Gasteiger charge is 2.45. The van der Waals surface area contributed by atoms with Crippen molar-refractivity contribution in [3.05, 3.63) is 46.5 Å². The molecule has 0 amide bonds. The van der Waals surface area contributed by atoms with Crippen LogP contribution in [0.5, 0.6) is 0 Å². The quantitative estimate of drug-likeness (QED) is 0.532. The van der Waals surface area contributed by atoms with Gasteiger partial charge in [0.05, 0.1) is 12.6 Å². The highest BCUT2D eigenvalue weighted by atomic mass is 35.5. The van der Waals surface area contributed by atoms with Crippen LogP contribution in [-0.2, 0) is 10.2 Å². The zero-order chi connectivity index (χ0) is 18.9. The van der Waals surface area contributed by atoms with E-state index in [1.165, 1.54) is 6.08 Å². The first-order valence-electron chi connectivity index (χ1n) is 8.46. The molecule has 1 fully saturated rings. The van der Waals surface area contributed by atoms with Gasteiger partial charge in [-0.15, -0.1) is 0 Å². The fraction of sp³-hybridized carbons (Fsp3) is 0.556. The third-order valence-electron chi connectivity index (χ3n) is 5.18. The summed E-state index contributed by atoms with van der Waals surface area (Å²) in [6, 6.07) is 6.91. The van der Waals surface area contributed by atoms with E-state index in [9.17, 15) is 24.1 Å². The van der Waals surface area contributed by atoms with Gasteiger partial charge in [0, 0.05) is 17.0 Å². The van der Waals surface area contributed by atoms with E-state index in [0.717, 1.165) is 18.4 Å². The Hall–Kier alpha value is -1.09. The monoisotopic (exact) mass is 389 g/mol. The lowest BCUT2D eigenvalue weighted by atomic mass is 9.87. The number of aliphatic hydroxyl groups excluding tert-OH is 3. The van der Waals surface area contributed by atoms with Crippen molar-refractivity contribution in [2.24, 2.45) is 0 Å². The fourth-order valence-corrected chi connectivity index (χ4v) is 3.48. The first-order chi connectivity index (χ1) is 12.3. The van der Waals surface area contributed by atoms with Gasteiger partial charge in [0.15, 0.2) is 0 Å². The van der Waals surface area contributed by atoms with Gasteiger partial charge >= 0.3 is 6.61 Å². The number of hydrogen-bond donors (Lipinski definition) is 4. The minimum absolute atomic E-state index is 0.0706. The van der Waals surface area contributed by atoms with Crippen LogP contribution < -0.4 is 5.32 Å². The van der Waals surface area contributed by atoms with Gasteiger partial charge in [-0.05, 0) is 36.1 Å². The van der Waals surface area contributed by atoms with Crippen molar-refractivity contribution in [2.45, 2.75) is 49.2 Å². The lowest BCUT2D eigenvalue weighted by molar-refractivity contribution is -0.129. The lowest BCUT2D eigenvalue weighted by Gasteiger charge is -2.36. The molecule has 1 aromatic rings. The first-order valence-corrected chi connectivity index (χ1v) is 8.84. The topological polar surface area (TPSA) is 82.0 Å². The Balaban J connectivity index is 1.68.